The Balaban J connectivity index is 1.51. The second-order valence-electron chi connectivity index (χ2n) is 7.60. The Morgan fingerprint density at radius 1 is 1.37 bits per heavy atom. The van der Waals surface area contributed by atoms with Crippen LogP contribution in [0.25, 0.3) is 10.2 Å². The van der Waals surface area contributed by atoms with Gasteiger partial charge in [-0.25, -0.2) is 4.98 Å². The van der Waals surface area contributed by atoms with E-state index in [1.165, 1.54) is 11.8 Å². The van der Waals surface area contributed by atoms with E-state index >= 15 is 0 Å². The molecule has 1 aromatic carbocycles. The van der Waals surface area contributed by atoms with Gasteiger partial charge in [-0.3, -0.25) is 9.59 Å². The number of fused-ring (bicyclic) bond motifs is 2. The number of nitrogens with zero attached hydrogens (tertiary/aromatic N) is 2. The van der Waals surface area contributed by atoms with Gasteiger partial charge in [0.2, 0.25) is 5.91 Å². The molecule has 2 aromatic heterocycles. The molecule has 8 heteroatoms. The van der Waals surface area contributed by atoms with Crippen molar-refractivity contribution < 1.29 is 4.79 Å². The summed E-state index contributed by atoms with van der Waals surface area (Å²) in [5.74, 6) is 1.22. The van der Waals surface area contributed by atoms with Gasteiger partial charge < -0.3 is 9.88 Å². The van der Waals surface area contributed by atoms with Gasteiger partial charge in [0.05, 0.1) is 22.1 Å². The van der Waals surface area contributed by atoms with Crippen molar-refractivity contribution in [1.29, 1.82) is 0 Å². The third-order valence-electron chi connectivity index (χ3n) is 5.42. The number of hydrogen-bond donors (Lipinski definition) is 1. The molecule has 5 nitrogen and oxygen atoms in total. The van der Waals surface area contributed by atoms with Gasteiger partial charge in [-0.2, -0.15) is 0 Å². The third-order valence-corrected chi connectivity index (χ3v) is 8.90. The molecule has 2 atom stereocenters. The highest BCUT2D eigenvalue weighted by atomic mass is 32.2. The SMILES string of the molecule is Cc1sc2nc(CSC(C)C(=O)N3CCC(C)Sc4ccccc43)[nH]c(=O)c2c1C. The molecule has 0 aliphatic carbocycles. The molecule has 1 aliphatic rings. The first-order chi connectivity index (χ1) is 14.3. The minimum atomic E-state index is -0.232. The van der Waals surface area contributed by atoms with Crippen molar-refractivity contribution in [1.82, 2.24) is 9.97 Å². The number of nitrogens with one attached hydrogen (secondary N) is 1. The molecular weight excluding hydrogens is 434 g/mol. The zero-order chi connectivity index (χ0) is 21.4. The van der Waals surface area contributed by atoms with Gasteiger partial charge in [0.25, 0.3) is 5.56 Å². The van der Waals surface area contributed by atoms with Gasteiger partial charge in [-0.15, -0.1) is 34.9 Å². The zero-order valence-corrected chi connectivity index (χ0v) is 20.0. The van der Waals surface area contributed by atoms with Crippen LogP contribution in [0.2, 0.25) is 0 Å². The Labute approximate surface area is 188 Å². The van der Waals surface area contributed by atoms with Crippen molar-refractivity contribution in [3.05, 3.63) is 50.9 Å². The third kappa shape index (κ3) is 4.18. The average Bonchev–Trinajstić information content (AvgIpc) is 2.90. The molecule has 0 saturated carbocycles. The van der Waals surface area contributed by atoms with Crippen LogP contribution in [0.3, 0.4) is 0 Å². The molecule has 0 saturated heterocycles. The minimum absolute atomic E-state index is 0.0936. The van der Waals surface area contributed by atoms with Gasteiger partial charge in [0.1, 0.15) is 10.7 Å². The lowest BCUT2D eigenvalue weighted by atomic mass is 10.2. The molecule has 30 heavy (non-hydrogen) atoms. The van der Waals surface area contributed by atoms with Crippen LogP contribution < -0.4 is 10.5 Å². The topological polar surface area (TPSA) is 66.1 Å². The van der Waals surface area contributed by atoms with Gasteiger partial charge in [0.15, 0.2) is 0 Å². The van der Waals surface area contributed by atoms with Crippen molar-refractivity contribution in [2.45, 2.75) is 55.3 Å². The summed E-state index contributed by atoms with van der Waals surface area (Å²) in [6.07, 6.45) is 0.963. The quantitative estimate of drug-likeness (QED) is 0.585. The van der Waals surface area contributed by atoms with Gasteiger partial charge >= 0.3 is 0 Å². The van der Waals surface area contributed by atoms with Crippen LogP contribution in [0.4, 0.5) is 5.69 Å². The van der Waals surface area contributed by atoms with Crippen molar-refractivity contribution in [3.63, 3.8) is 0 Å². The smallest absolute Gasteiger partial charge is 0.259 e. The number of H-pyrrole nitrogens is 1. The monoisotopic (exact) mass is 459 g/mol. The predicted molar refractivity (Wildman–Crippen MR) is 129 cm³/mol. The summed E-state index contributed by atoms with van der Waals surface area (Å²) in [6, 6.07) is 8.14. The molecule has 0 spiro atoms. The molecule has 2 unspecified atom stereocenters. The van der Waals surface area contributed by atoms with E-state index in [9.17, 15) is 9.59 Å². The fourth-order valence-electron chi connectivity index (χ4n) is 3.58. The highest BCUT2D eigenvalue weighted by Gasteiger charge is 2.27. The van der Waals surface area contributed by atoms with Crippen LogP contribution in [-0.2, 0) is 10.5 Å². The Morgan fingerprint density at radius 2 is 2.13 bits per heavy atom. The first-order valence-electron chi connectivity index (χ1n) is 10.0. The summed E-state index contributed by atoms with van der Waals surface area (Å²) < 4.78 is 0. The molecule has 3 heterocycles. The van der Waals surface area contributed by atoms with E-state index in [0.717, 1.165) is 38.8 Å². The van der Waals surface area contributed by atoms with Crippen LogP contribution in [0.5, 0.6) is 0 Å². The van der Waals surface area contributed by atoms with E-state index in [-0.39, 0.29) is 16.7 Å². The molecule has 0 bridgehead atoms. The first kappa shape index (κ1) is 21.5. The van der Waals surface area contributed by atoms with Gasteiger partial charge in [-0.05, 0) is 44.9 Å². The molecule has 4 rings (SSSR count). The summed E-state index contributed by atoms with van der Waals surface area (Å²) in [5, 5.41) is 0.929. The van der Waals surface area contributed by atoms with Crippen molar-refractivity contribution in [2.24, 2.45) is 0 Å². The standard InChI is InChI=1S/C22H25N3O2S3/c1-12-9-10-25(16-7-5-6-8-17(16)29-12)22(27)15(4)28-11-18-23-20(26)19-13(2)14(3)30-21(19)24-18/h5-8,12,15H,9-11H2,1-4H3,(H,23,24,26). The molecule has 1 aliphatic heterocycles. The number of anilines is 1. The Morgan fingerprint density at radius 3 is 2.93 bits per heavy atom. The van der Waals surface area contributed by atoms with Crippen LogP contribution in [0, 0.1) is 13.8 Å². The summed E-state index contributed by atoms with van der Waals surface area (Å²) >= 11 is 4.90. The summed E-state index contributed by atoms with van der Waals surface area (Å²) in [5.41, 5.74) is 1.91. The number of thioether (sulfide) groups is 2. The highest BCUT2D eigenvalue weighted by molar-refractivity contribution is 8.00. The number of amides is 1. The fraction of sp³-hybridized carbons (Fsp3) is 0.409. The van der Waals surface area contributed by atoms with Crippen molar-refractivity contribution in [3.8, 4) is 0 Å². The largest absolute Gasteiger partial charge is 0.310 e. The van der Waals surface area contributed by atoms with E-state index in [2.05, 4.69) is 23.0 Å². The van der Waals surface area contributed by atoms with Crippen molar-refractivity contribution in [2.75, 3.05) is 11.4 Å². The second kappa shape index (κ2) is 8.77. The lowest BCUT2D eigenvalue weighted by Gasteiger charge is -2.25. The fourth-order valence-corrected chi connectivity index (χ4v) is 6.55. The molecular formula is C22H25N3O2S3. The van der Waals surface area contributed by atoms with Crippen LogP contribution in [0.15, 0.2) is 34.0 Å². The maximum atomic E-state index is 13.3. The number of benzene rings is 1. The second-order valence-corrected chi connectivity index (χ2v) is 11.6. The predicted octanol–water partition coefficient (Wildman–Crippen LogP) is 5.14. The molecule has 0 fully saturated rings. The first-order valence-corrected chi connectivity index (χ1v) is 12.8. The number of aromatic amines is 1. The number of para-hydroxylation sites is 1. The number of rotatable bonds is 4. The number of carbonyl (C=O) groups excluding carboxylic acids is 1. The highest BCUT2D eigenvalue weighted by Crippen LogP contribution is 2.38. The molecule has 0 radical (unpaired) electrons. The van der Waals surface area contributed by atoms with Crippen LogP contribution in [-0.4, -0.2) is 32.9 Å². The normalized spacial score (nSPS) is 17.6. The van der Waals surface area contributed by atoms with E-state index < -0.39 is 0 Å². The lowest BCUT2D eigenvalue weighted by molar-refractivity contribution is -0.117. The van der Waals surface area contributed by atoms with Crippen molar-refractivity contribution >= 4 is 56.7 Å². The Kier molecular flexibility index (Phi) is 6.27. The van der Waals surface area contributed by atoms with E-state index in [0.29, 0.717) is 22.2 Å². The number of carbonyl (C=O) groups is 1. The lowest BCUT2D eigenvalue weighted by Crippen LogP contribution is -2.37. The van der Waals surface area contributed by atoms with E-state index in [1.807, 2.05) is 55.6 Å². The Bertz CT molecular complexity index is 1150. The number of hydrogen-bond acceptors (Lipinski definition) is 6. The maximum absolute atomic E-state index is 13.3. The number of aromatic nitrogens is 2. The van der Waals surface area contributed by atoms with Crippen LogP contribution >= 0.6 is 34.9 Å². The number of thiophene rings is 1. The zero-order valence-electron chi connectivity index (χ0n) is 17.5. The minimum Gasteiger partial charge on any atom is -0.310 e. The van der Waals surface area contributed by atoms with Gasteiger partial charge in [-0.1, -0.05) is 19.1 Å². The number of aryl methyl sites for hydroxylation is 2. The summed E-state index contributed by atoms with van der Waals surface area (Å²) in [4.78, 5) is 38.3. The molecule has 158 valence electrons. The maximum Gasteiger partial charge on any atom is 0.259 e. The average molecular weight is 460 g/mol. The Hall–Kier alpha value is -1.77. The molecule has 1 N–H and O–H groups in total. The van der Waals surface area contributed by atoms with Gasteiger partial charge in [0, 0.05) is 21.6 Å². The summed E-state index contributed by atoms with van der Waals surface area (Å²) in [6.45, 7) is 8.84. The summed E-state index contributed by atoms with van der Waals surface area (Å²) in [7, 11) is 0. The molecule has 3 aromatic rings. The molecule has 1 amide bonds. The van der Waals surface area contributed by atoms with Crippen LogP contribution in [0.1, 0.15) is 36.5 Å². The van der Waals surface area contributed by atoms with E-state index in [4.69, 9.17) is 0 Å². The van der Waals surface area contributed by atoms with E-state index in [1.54, 1.807) is 11.3 Å².